The molecule has 8 heteroatoms. The highest BCUT2D eigenvalue weighted by molar-refractivity contribution is 7.79. The Morgan fingerprint density at radius 2 is 2.29 bits per heavy atom. The van der Waals surface area contributed by atoms with Gasteiger partial charge in [-0.3, -0.25) is 4.68 Å². The summed E-state index contributed by atoms with van der Waals surface area (Å²) in [7, 11) is 1.81. The van der Waals surface area contributed by atoms with Crippen LogP contribution in [0.2, 0.25) is 0 Å². The number of ether oxygens (including phenoxy) is 1. The predicted molar refractivity (Wildman–Crippen MR) is 81.9 cm³/mol. The number of esters is 1. The van der Waals surface area contributed by atoms with E-state index in [1.807, 2.05) is 13.0 Å². The first-order chi connectivity index (χ1) is 10.0. The maximum absolute atomic E-state index is 12.0. The minimum absolute atomic E-state index is 0.279. The number of rotatable bonds is 5. The molecule has 112 valence electrons. The van der Waals surface area contributed by atoms with Gasteiger partial charge in [0.05, 0.1) is 18.1 Å². The number of carbonyl (C=O) groups excluding carboxylic acids is 1. The second-order valence-corrected chi connectivity index (χ2v) is 4.66. The monoisotopic (exact) mass is 307 g/mol. The van der Waals surface area contributed by atoms with Crippen LogP contribution < -0.4 is 5.32 Å². The Kier molecular flexibility index (Phi) is 4.79. The van der Waals surface area contributed by atoms with Crippen molar-refractivity contribution in [3.63, 3.8) is 0 Å². The van der Waals surface area contributed by atoms with Crippen LogP contribution in [0.15, 0.2) is 12.3 Å². The maximum Gasteiger partial charge on any atom is 0.343 e. The van der Waals surface area contributed by atoms with E-state index in [9.17, 15) is 4.79 Å². The quantitative estimate of drug-likeness (QED) is 0.648. The fourth-order valence-corrected chi connectivity index (χ4v) is 1.95. The minimum atomic E-state index is -0.468. The van der Waals surface area contributed by atoms with E-state index < -0.39 is 5.97 Å². The lowest BCUT2D eigenvalue weighted by atomic mass is 10.3. The van der Waals surface area contributed by atoms with Crippen LogP contribution in [0.5, 0.6) is 0 Å². The highest BCUT2D eigenvalue weighted by atomic mass is 32.1. The third kappa shape index (κ3) is 3.52. The number of nitrogens with one attached hydrogen (secondary N) is 1. The summed E-state index contributed by atoms with van der Waals surface area (Å²) in [5, 5.41) is 7.33. The fourth-order valence-electron chi connectivity index (χ4n) is 1.80. The van der Waals surface area contributed by atoms with Gasteiger partial charge in [0, 0.05) is 19.3 Å². The topological polar surface area (TPSA) is 81.9 Å². The van der Waals surface area contributed by atoms with Crippen molar-refractivity contribution in [2.45, 2.75) is 19.6 Å². The van der Waals surface area contributed by atoms with E-state index in [1.54, 1.807) is 18.7 Å². The van der Waals surface area contributed by atoms with Crippen molar-refractivity contribution in [2.75, 3.05) is 11.9 Å². The number of carbonyl (C=O) groups is 1. The summed E-state index contributed by atoms with van der Waals surface area (Å²) < 4.78 is 6.69. The second-order valence-electron chi connectivity index (χ2n) is 4.35. The number of aryl methyl sites for hydroxylation is 2. The molecular weight excluding hydrogens is 290 g/mol. The zero-order valence-corrected chi connectivity index (χ0v) is 13.0. The molecule has 0 saturated heterocycles. The Morgan fingerprint density at radius 1 is 1.52 bits per heavy atom. The molecule has 0 atom stereocenters. The minimum Gasteiger partial charge on any atom is -0.462 e. The molecule has 1 N–H and O–H groups in total. The van der Waals surface area contributed by atoms with Crippen LogP contribution in [0.25, 0.3) is 0 Å². The van der Waals surface area contributed by atoms with Crippen molar-refractivity contribution < 1.29 is 9.53 Å². The Labute approximate surface area is 128 Å². The highest BCUT2D eigenvalue weighted by Gasteiger charge is 2.17. The van der Waals surface area contributed by atoms with Crippen LogP contribution in [0, 0.1) is 6.92 Å². The first-order valence-corrected chi connectivity index (χ1v) is 7.10. The van der Waals surface area contributed by atoms with Crippen molar-refractivity contribution in [1.82, 2.24) is 19.7 Å². The summed E-state index contributed by atoms with van der Waals surface area (Å²) in [5.74, 6) is 1.54. The lowest BCUT2D eigenvalue weighted by molar-refractivity contribution is 0.0526. The fraction of sp³-hybridized carbons (Fsp3) is 0.385. The third-order valence-corrected chi connectivity index (χ3v) is 3.01. The normalized spacial score (nSPS) is 10.5. The summed E-state index contributed by atoms with van der Waals surface area (Å²) in [6.45, 7) is 3.92. The number of nitrogens with zero attached hydrogens (tertiary/aromatic N) is 4. The first-order valence-electron chi connectivity index (χ1n) is 6.46. The molecule has 0 aromatic carbocycles. The molecule has 0 radical (unpaired) electrons. The van der Waals surface area contributed by atoms with E-state index in [0.29, 0.717) is 17.4 Å². The zero-order valence-electron chi connectivity index (χ0n) is 12.1. The van der Waals surface area contributed by atoms with Gasteiger partial charge < -0.3 is 10.1 Å². The predicted octanol–water partition coefficient (Wildman–Crippen LogP) is 1.87. The maximum atomic E-state index is 12.0. The standard InChI is InChI=1S/C13H17N5O2S/c1-4-20-13(19)9-6-14-10(7-21)15-12(9)16-11-5-8(2)17-18(11)3/h5-6,21H,4,7H2,1-3H3,(H,14,15,16). The molecular formula is C13H17N5O2S. The van der Waals surface area contributed by atoms with E-state index in [1.165, 1.54) is 6.20 Å². The number of thiol groups is 1. The van der Waals surface area contributed by atoms with E-state index in [4.69, 9.17) is 4.74 Å². The lowest BCUT2D eigenvalue weighted by Crippen LogP contribution is -2.12. The number of aromatic nitrogens is 4. The van der Waals surface area contributed by atoms with Gasteiger partial charge in [0.2, 0.25) is 0 Å². The second kappa shape index (κ2) is 6.57. The van der Waals surface area contributed by atoms with Crippen LogP contribution in [-0.2, 0) is 17.5 Å². The van der Waals surface area contributed by atoms with Crippen LogP contribution >= 0.6 is 12.6 Å². The summed E-state index contributed by atoms with van der Waals surface area (Å²) in [5.41, 5.74) is 1.14. The van der Waals surface area contributed by atoms with Gasteiger partial charge in [0.1, 0.15) is 23.0 Å². The van der Waals surface area contributed by atoms with Gasteiger partial charge in [0.15, 0.2) is 0 Å². The van der Waals surface area contributed by atoms with Crippen LogP contribution in [0.1, 0.15) is 28.8 Å². The molecule has 0 fully saturated rings. The van der Waals surface area contributed by atoms with Crippen molar-refractivity contribution in [2.24, 2.45) is 7.05 Å². The number of hydrogen-bond acceptors (Lipinski definition) is 7. The van der Waals surface area contributed by atoms with Crippen molar-refractivity contribution in [3.05, 3.63) is 29.3 Å². The van der Waals surface area contributed by atoms with Crippen LogP contribution in [0.3, 0.4) is 0 Å². The van der Waals surface area contributed by atoms with Crippen molar-refractivity contribution in [3.8, 4) is 0 Å². The Balaban J connectivity index is 2.39. The molecule has 0 aliphatic carbocycles. The van der Waals surface area contributed by atoms with Crippen molar-refractivity contribution >= 4 is 30.2 Å². The molecule has 0 bridgehead atoms. The van der Waals surface area contributed by atoms with Gasteiger partial charge in [-0.05, 0) is 13.8 Å². The molecule has 0 amide bonds. The average molecular weight is 307 g/mol. The smallest absolute Gasteiger partial charge is 0.343 e. The molecule has 21 heavy (non-hydrogen) atoms. The molecule has 2 rings (SSSR count). The number of anilines is 2. The van der Waals surface area contributed by atoms with Gasteiger partial charge in [-0.25, -0.2) is 14.8 Å². The number of hydrogen-bond donors (Lipinski definition) is 2. The van der Waals surface area contributed by atoms with Crippen LogP contribution in [-0.4, -0.2) is 32.3 Å². The van der Waals surface area contributed by atoms with Gasteiger partial charge in [0.25, 0.3) is 0 Å². The van der Waals surface area contributed by atoms with E-state index in [0.717, 1.165) is 11.5 Å². The Morgan fingerprint density at radius 3 is 2.86 bits per heavy atom. The van der Waals surface area contributed by atoms with Gasteiger partial charge in [-0.2, -0.15) is 17.7 Å². The van der Waals surface area contributed by atoms with Gasteiger partial charge in [-0.15, -0.1) is 0 Å². The average Bonchev–Trinajstić information content (AvgIpc) is 2.77. The molecule has 2 aromatic rings. The van der Waals surface area contributed by atoms with Crippen LogP contribution in [0.4, 0.5) is 11.6 Å². The molecule has 0 aliphatic rings. The third-order valence-electron chi connectivity index (χ3n) is 2.72. The lowest BCUT2D eigenvalue weighted by Gasteiger charge is -2.11. The van der Waals surface area contributed by atoms with Gasteiger partial charge in [-0.1, -0.05) is 0 Å². The molecule has 0 unspecified atom stereocenters. The Hall–Kier alpha value is -2.09. The van der Waals surface area contributed by atoms with E-state index in [-0.39, 0.29) is 12.2 Å². The van der Waals surface area contributed by atoms with E-state index in [2.05, 4.69) is 33.0 Å². The molecule has 2 heterocycles. The zero-order chi connectivity index (χ0) is 15.4. The summed E-state index contributed by atoms with van der Waals surface area (Å²) in [6.07, 6.45) is 1.45. The summed E-state index contributed by atoms with van der Waals surface area (Å²) >= 11 is 4.15. The summed E-state index contributed by atoms with van der Waals surface area (Å²) in [4.78, 5) is 20.3. The molecule has 0 saturated carbocycles. The molecule has 0 spiro atoms. The molecule has 0 aliphatic heterocycles. The summed E-state index contributed by atoms with van der Waals surface area (Å²) in [6, 6.07) is 1.86. The molecule has 2 aromatic heterocycles. The molecule has 7 nitrogen and oxygen atoms in total. The largest absolute Gasteiger partial charge is 0.462 e. The highest BCUT2D eigenvalue weighted by Crippen LogP contribution is 2.20. The van der Waals surface area contributed by atoms with Gasteiger partial charge >= 0.3 is 5.97 Å². The first kappa shape index (κ1) is 15.3. The van der Waals surface area contributed by atoms with Crippen molar-refractivity contribution in [1.29, 1.82) is 0 Å². The van der Waals surface area contributed by atoms with E-state index >= 15 is 0 Å². The Bertz CT molecular complexity index is 656. The SMILES string of the molecule is CCOC(=O)c1cnc(CS)nc1Nc1cc(C)nn1C.